The van der Waals surface area contributed by atoms with Crippen LogP contribution in [-0.2, 0) is 6.42 Å². The van der Waals surface area contributed by atoms with E-state index >= 15 is 0 Å². The average molecular weight is 309 g/mol. The number of anilines is 1. The molecule has 2 rings (SSSR count). The van der Waals surface area contributed by atoms with Gasteiger partial charge in [-0.05, 0) is 48.1 Å². The first-order valence-electron chi connectivity index (χ1n) is 9.18. The van der Waals surface area contributed by atoms with Crippen molar-refractivity contribution in [3.63, 3.8) is 0 Å². The van der Waals surface area contributed by atoms with Gasteiger partial charge in [0.25, 0.3) is 0 Å². The van der Waals surface area contributed by atoms with Crippen LogP contribution in [-0.4, -0.2) is 0 Å². The third-order valence-electron chi connectivity index (χ3n) is 4.64. The summed E-state index contributed by atoms with van der Waals surface area (Å²) in [5.41, 5.74) is 11.0. The zero-order valence-electron chi connectivity index (χ0n) is 14.7. The highest BCUT2D eigenvalue weighted by Gasteiger charge is 2.14. The van der Waals surface area contributed by atoms with Gasteiger partial charge in [0.05, 0.1) is 0 Å². The van der Waals surface area contributed by atoms with Gasteiger partial charge in [0, 0.05) is 11.6 Å². The smallest absolute Gasteiger partial charge is 0.0314 e. The standard InChI is InChI=1S/C22H31N/c1-3-5-7-9-22(20-14-16-21(23)17-15-20)19-12-10-18(11-13-19)8-6-4-2/h10-17,22H,3-9,23H2,1-2H3. The molecule has 23 heavy (non-hydrogen) atoms. The predicted octanol–water partition coefficient (Wildman–Crippen LogP) is 6.32. The van der Waals surface area contributed by atoms with Crippen molar-refractivity contribution in [2.45, 2.75) is 64.7 Å². The van der Waals surface area contributed by atoms with Gasteiger partial charge in [-0.3, -0.25) is 0 Å². The van der Waals surface area contributed by atoms with Crippen LogP contribution in [0.1, 0.15) is 75.0 Å². The average Bonchev–Trinajstić information content (AvgIpc) is 2.59. The molecule has 0 fully saturated rings. The Hall–Kier alpha value is -1.76. The summed E-state index contributed by atoms with van der Waals surface area (Å²) in [5.74, 6) is 0.488. The van der Waals surface area contributed by atoms with Crippen molar-refractivity contribution < 1.29 is 0 Å². The van der Waals surface area contributed by atoms with Gasteiger partial charge >= 0.3 is 0 Å². The van der Waals surface area contributed by atoms with E-state index in [1.165, 1.54) is 61.6 Å². The predicted molar refractivity (Wildman–Crippen MR) is 102 cm³/mol. The lowest BCUT2D eigenvalue weighted by molar-refractivity contribution is 0.618. The van der Waals surface area contributed by atoms with Crippen LogP contribution in [0.4, 0.5) is 5.69 Å². The molecule has 1 nitrogen and oxygen atoms in total. The highest BCUT2D eigenvalue weighted by atomic mass is 14.5. The number of nitrogens with two attached hydrogens (primary N) is 1. The molecular formula is C22H31N. The van der Waals surface area contributed by atoms with E-state index in [2.05, 4.69) is 50.2 Å². The summed E-state index contributed by atoms with van der Waals surface area (Å²) in [6, 6.07) is 17.7. The van der Waals surface area contributed by atoms with Crippen molar-refractivity contribution in [3.8, 4) is 0 Å². The van der Waals surface area contributed by atoms with Crippen LogP contribution in [0.25, 0.3) is 0 Å². The highest BCUT2D eigenvalue weighted by Crippen LogP contribution is 2.31. The molecule has 124 valence electrons. The maximum absolute atomic E-state index is 5.85. The molecule has 0 aliphatic rings. The SMILES string of the molecule is CCCCCC(c1ccc(N)cc1)c1ccc(CCCC)cc1. The van der Waals surface area contributed by atoms with Gasteiger partial charge in [-0.25, -0.2) is 0 Å². The van der Waals surface area contributed by atoms with Crippen LogP contribution in [0, 0.1) is 0 Å². The molecule has 0 aromatic heterocycles. The van der Waals surface area contributed by atoms with E-state index < -0.39 is 0 Å². The van der Waals surface area contributed by atoms with E-state index in [-0.39, 0.29) is 0 Å². The van der Waals surface area contributed by atoms with Gasteiger partial charge in [-0.2, -0.15) is 0 Å². The van der Waals surface area contributed by atoms with Crippen molar-refractivity contribution in [2.75, 3.05) is 5.73 Å². The number of benzene rings is 2. The Balaban J connectivity index is 2.16. The molecule has 0 aliphatic heterocycles. The van der Waals surface area contributed by atoms with Gasteiger partial charge in [0.2, 0.25) is 0 Å². The molecule has 0 aliphatic carbocycles. The number of hydrogen-bond donors (Lipinski definition) is 1. The number of unbranched alkanes of at least 4 members (excludes halogenated alkanes) is 3. The normalized spacial score (nSPS) is 12.3. The first-order valence-corrected chi connectivity index (χ1v) is 9.18. The van der Waals surface area contributed by atoms with Crippen LogP contribution in [0.2, 0.25) is 0 Å². The zero-order chi connectivity index (χ0) is 16.5. The van der Waals surface area contributed by atoms with Crippen molar-refractivity contribution in [2.24, 2.45) is 0 Å². The Morgan fingerprint density at radius 3 is 1.87 bits per heavy atom. The first-order chi connectivity index (χ1) is 11.2. The molecule has 0 radical (unpaired) electrons. The Kier molecular flexibility index (Phi) is 7.19. The fourth-order valence-electron chi connectivity index (χ4n) is 3.15. The fraction of sp³-hybridized carbons (Fsp3) is 0.455. The third kappa shape index (κ3) is 5.42. The molecule has 0 bridgehead atoms. The molecule has 2 aromatic carbocycles. The Labute approximate surface area is 141 Å². The van der Waals surface area contributed by atoms with Gasteiger partial charge in [0.1, 0.15) is 0 Å². The van der Waals surface area contributed by atoms with Gasteiger partial charge < -0.3 is 5.73 Å². The maximum Gasteiger partial charge on any atom is 0.0314 e. The third-order valence-corrected chi connectivity index (χ3v) is 4.64. The summed E-state index contributed by atoms with van der Waals surface area (Å²) in [5, 5.41) is 0. The molecule has 1 heteroatoms. The summed E-state index contributed by atoms with van der Waals surface area (Å²) >= 11 is 0. The van der Waals surface area contributed by atoms with E-state index in [0.717, 1.165) is 5.69 Å². The zero-order valence-corrected chi connectivity index (χ0v) is 14.7. The molecule has 0 spiro atoms. The monoisotopic (exact) mass is 309 g/mol. The molecule has 0 amide bonds. The molecule has 1 unspecified atom stereocenters. The van der Waals surface area contributed by atoms with E-state index in [1.54, 1.807) is 0 Å². The largest absolute Gasteiger partial charge is 0.399 e. The first kappa shape index (κ1) is 17.6. The highest BCUT2D eigenvalue weighted by molar-refractivity contribution is 5.43. The molecule has 0 saturated carbocycles. The molecule has 2 aromatic rings. The van der Waals surface area contributed by atoms with Gasteiger partial charge in [-0.15, -0.1) is 0 Å². The van der Waals surface area contributed by atoms with Crippen molar-refractivity contribution in [1.29, 1.82) is 0 Å². The van der Waals surface area contributed by atoms with Crippen LogP contribution in [0.15, 0.2) is 48.5 Å². The molecule has 1 atom stereocenters. The lowest BCUT2D eigenvalue weighted by Gasteiger charge is -2.19. The van der Waals surface area contributed by atoms with Crippen molar-refractivity contribution in [3.05, 3.63) is 65.2 Å². The van der Waals surface area contributed by atoms with Crippen LogP contribution >= 0.6 is 0 Å². The summed E-state index contributed by atoms with van der Waals surface area (Å²) in [7, 11) is 0. The Bertz CT molecular complexity index is 554. The van der Waals surface area contributed by atoms with Crippen LogP contribution in [0.3, 0.4) is 0 Å². The lowest BCUT2D eigenvalue weighted by atomic mass is 9.86. The lowest BCUT2D eigenvalue weighted by Crippen LogP contribution is -2.02. The minimum absolute atomic E-state index is 0.488. The minimum atomic E-state index is 0.488. The van der Waals surface area contributed by atoms with Crippen LogP contribution in [0.5, 0.6) is 0 Å². The summed E-state index contributed by atoms with van der Waals surface area (Å²) in [6.07, 6.45) is 8.79. The second-order valence-corrected chi connectivity index (χ2v) is 6.56. The number of rotatable bonds is 9. The van der Waals surface area contributed by atoms with E-state index in [0.29, 0.717) is 5.92 Å². The topological polar surface area (TPSA) is 26.0 Å². The van der Waals surface area contributed by atoms with E-state index in [9.17, 15) is 0 Å². The second kappa shape index (κ2) is 9.39. The van der Waals surface area contributed by atoms with Crippen molar-refractivity contribution in [1.82, 2.24) is 0 Å². The maximum atomic E-state index is 5.85. The van der Waals surface area contributed by atoms with Crippen molar-refractivity contribution >= 4 is 5.69 Å². The number of hydrogen-bond acceptors (Lipinski definition) is 1. The number of aryl methyl sites for hydroxylation is 1. The summed E-state index contributed by atoms with van der Waals surface area (Å²) in [4.78, 5) is 0. The summed E-state index contributed by atoms with van der Waals surface area (Å²) < 4.78 is 0. The van der Waals surface area contributed by atoms with E-state index in [1.807, 2.05) is 12.1 Å². The van der Waals surface area contributed by atoms with E-state index in [4.69, 9.17) is 5.73 Å². The second-order valence-electron chi connectivity index (χ2n) is 6.56. The fourth-order valence-corrected chi connectivity index (χ4v) is 3.15. The summed E-state index contributed by atoms with van der Waals surface area (Å²) in [6.45, 7) is 4.51. The molecule has 0 heterocycles. The van der Waals surface area contributed by atoms with Gasteiger partial charge in [-0.1, -0.05) is 75.9 Å². The Morgan fingerprint density at radius 1 is 0.739 bits per heavy atom. The van der Waals surface area contributed by atoms with Crippen LogP contribution < -0.4 is 5.73 Å². The molecule has 0 saturated heterocycles. The number of nitrogen functional groups attached to an aromatic ring is 1. The quantitative estimate of drug-likeness (QED) is 0.425. The Morgan fingerprint density at radius 2 is 1.30 bits per heavy atom. The molecule has 2 N–H and O–H groups in total. The van der Waals surface area contributed by atoms with Gasteiger partial charge in [0.15, 0.2) is 0 Å². The minimum Gasteiger partial charge on any atom is -0.399 e. The molecular weight excluding hydrogens is 278 g/mol.